The Kier molecular flexibility index (Phi) is 5.24. The van der Waals surface area contributed by atoms with Crippen LogP contribution in [0.3, 0.4) is 0 Å². The van der Waals surface area contributed by atoms with E-state index in [1.54, 1.807) is 0 Å². The molecule has 0 saturated carbocycles. The Bertz CT molecular complexity index is 1120. The summed E-state index contributed by atoms with van der Waals surface area (Å²) < 4.78 is 11.1. The van der Waals surface area contributed by atoms with Crippen molar-refractivity contribution in [3.05, 3.63) is 75.7 Å². The van der Waals surface area contributed by atoms with Gasteiger partial charge in [-0.3, -0.25) is 4.79 Å². The minimum atomic E-state index is -0.520. The maximum absolute atomic E-state index is 13.6. The summed E-state index contributed by atoms with van der Waals surface area (Å²) in [6.45, 7) is 0. The molecule has 1 aliphatic carbocycles. The number of thiophene rings is 1. The van der Waals surface area contributed by atoms with E-state index in [0.717, 1.165) is 48.8 Å². The van der Waals surface area contributed by atoms with Gasteiger partial charge in [-0.1, -0.05) is 42.8 Å². The van der Waals surface area contributed by atoms with Gasteiger partial charge < -0.3 is 14.8 Å². The minimum absolute atomic E-state index is 0.176. The zero-order valence-electron chi connectivity index (χ0n) is 17.3. The Labute approximate surface area is 185 Å². The van der Waals surface area contributed by atoms with Crippen molar-refractivity contribution in [1.82, 2.24) is 0 Å². The molecule has 1 amide bonds. The van der Waals surface area contributed by atoms with E-state index >= 15 is 0 Å². The van der Waals surface area contributed by atoms with E-state index in [1.807, 2.05) is 48.5 Å². The lowest BCUT2D eigenvalue weighted by atomic mass is 9.87. The maximum atomic E-state index is 13.6. The largest absolute Gasteiger partial charge is 0.465 e. The normalized spacial score (nSPS) is 15.0. The third-order valence-electron chi connectivity index (χ3n) is 5.99. The summed E-state index contributed by atoms with van der Waals surface area (Å²) in [4.78, 5) is 27.5. The van der Waals surface area contributed by atoms with Crippen LogP contribution in [-0.2, 0) is 22.4 Å². The lowest BCUT2D eigenvalue weighted by Crippen LogP contribution is -2.25. The predicted octanol–water partition coefficient (Wildman–Crippen LogP) is 5.68. The van der Waals surface area contributed by atoms with Crippen molar-refractivity contribution < 1.29 is 19.1 Å². The van der Waals surface area contributed by atoms with Crippen LogP contribution in [0, 0.1) is 0 Å². The standard InChI is InChI=1S/C25H23NO4S/c1-29-25(28)22-17-11-3-2-4-14-20(17)31-24(22)26-23(27)21-15-9-5-7-12-18(15)30-19-13-8-6-10-16(19)21/h5-10,12-13,21H,2-4,11,14H2,1H3,(H,26,27). The summed E-state index contributed by atoms with van der Waals surface area (Å²) in [5, 5.41) is 3.67. The van der Waals surface area contributed by atoms with Crippen molar-refractivity contribution in [2.45, 2.75) is 38.0 Å². The first kappa shape index (κ1) is 19.8. The highest BCUT2D eigenvalue weighted by Crippen LogP contribution is 2.45. The second-order valence-electron chi connectivity index (χ2n) is 7.86. The van der Waals surface area contributed by atoms with Gasteiger partial charge in [-0.25, -0.2) is 4.79 Å². The number of methoxy groups -OCH3 is 1. The van der Waals surface area contributed by atoms with Gasteiger partial charge >= 0.3 is 5.97 Å². The number of fused-ring (bicyclic) bond motifs is 3. The topological polar surface area (TPSA) is 64.6 Å². The monoisotopic (exact) mass is 433 g/mol. The number of nitrogens with one attached hydrogen (secondary N) is 1. The molecule has 2 aliphatic rings. The van der Waals surface area contributed by atoms with Gasteiger partial charge in [0.05, 0.1) is 18.6 Å². The number of carbonyl (C=O) groups is 2. The summed E-state index contributed by atoms with van der Waals surface area (Å²) in [5.74, 6) is 0.272. The quantitative estimate of drug-likeness (QED) is 0.426. The first-order valence-corrected chi connectivity index (χ1v) is 11.4. The van der Waals surface area contributed by atoms with Crippen molar-refractivity contribution in [3.8, 4) is 11.5 Å². The molecule has 31 heavy (non-hydrogen) atoms. The average Bonchev–Trinajstić information content (AvgIpc) is 2.96. The number of carbonyl (C=O) groups excluding carboxylic acids is 2. The number of ether oxygens (including phenoxy) is 2. The van der Waals surface area contributed by atoms with Gasteiger partial charge in [0, 0.05) is 16.0 Å². The number of hydrogen-bond acceptors (Lipinski definition) is 5. The summed E-state index contributed by atoms with van der Waals surface area (Å²) in [5.41, 5.74) is 3.19. The van der Waals surface area contributed by atoms with Crippen molar-refractivity contribution in [2.75, 3.05) is 12.4 Å². The highest BCUT2D eigenvalue weighted by atomic mass is 32.1. The number of esters is 1. The van der Waals surface area contributed by atoms with Crippen LogP contribution in [0.4, 0.5) is 5.00 Å². The highest BCUT2D eigenvalue weighted by Gasteiger charge is 2.34. The van der Waals surface area contributed by atoms with Crippen molar-refractivity contribution in [1.29, 1.82) is 0 Å². The van der Waals surface area contributed by atoms with Crippen molar-refractivity contribution in [3.63, 3.8) is 0 Å². The van der Waals surface area contributed by atoms with E-state index in [1.165, 1.54) is 23.3 Å². The van der Waals surface area contributed by atoms with Gasteiger partial charge in [0.25, 0.3) is 0 Å². The summed E-state index contributed by atoms with van der Waals surface area (Å²) in [6, 6.07) is 15.2. The molecule has 0 fully saturated rings. The van der Waals surface area contributed by atoms with E-state index in [-0.39, 0.29) is 11.9 Å². The fourth-order valence-corrected chi connectivity index (χ4v) is 5.81. The number of aryl methyl sites for hydroxylation is 1. The van der Waals surface area contributed by atoms with Crippen molar-refractivity contribution >= 4 is 28.2 Å². The molecule has 3 aromatic rings. The lowest BCUT2D eigenvalue weighted by Gasteiger charge is -2.27. The van der Waals surface area contributed by atoms with Crippen LogP contribution >= 0.6 is 11.3 Å². The molecule has 5 rings (SSSR count). The first-order chi connectivity index (χ1) is 15.2. The third-order valence-corrected chi connectivity index (χ3v) is 7.20. The molecule has 1 N–H and O–H groups in total. The fourth-order valence-electron chi connectivity index (χ4n) is 4.53. The van der Waals surface area contributed by atoms with Gasteiger partial charge in [-0.05, 0) is 43.4 Å². The van der Waals surface area contributed by atoms with E-state index in [4.69, 9.17) is 9.47 Å². The summed E-state index contributed by atoms with van der Waals surface area (Å²) in [6.07, 6.45) is 5.07. The second-order valence-corrected chi connectivity index (χ2v) is 8.97. The summed E-state index contributed by atoms with van der Waals surface area (Å²) >= 11 is 1.51. The van der Waals surface area contributed by atoms with Gasteiger partial charge in [0.1, 0.15) is 16.5 Å². The smallest absolute Gasteiger partial charge is 0.341 e. The lowest BCUT2D eigenvalue weighted by molar-refractivity contribution is -0.116. The zero-order chi connectivity index (χ0) is 21.4. The van der Waals surface area contributed by atoms with Gasteiger partial charge in [0.2, 0.25) is 5.91 Å². The van der Waals surface area contributed by atoms with Crippen LogP contribution in [-0.4, -0.2) is 19.0 Å². The number of benzene rings is 2. The number of hydrogen-bond donors (Lipinski definition) is 1. The first-order valence-electron chi connectivity index (χ1n) is 10.6. The van der Waals surface area contributed by atoms with Crippen LogP contribution in [0.2, 0.25) is 0 Å². The molecule has 1 aromatic heterocycles. The van der Waals surface area contributed by atoms with Crippen LogP contribution < -0.4 is 10.1 Å². The van der Waals surface area contributed by atoms with E-state index in [2.05, 4.69) is 5.32 Å². The Balaban J connectivity index is 1.55. The van der Waals surface area contributed by atoms with Crippen LogP contribution in [0.1, 0.15) is 57.1 Å². The van der Waals surface area contributed by atoms with Crippen molar-refractivity contribution in [2.24, 2.45) is 0 Å². The molecular formula is C25H23NO4S. The van der Waals surface area contributed by atoms with Crippen LogP contribution in [0.15, 0.2) is 48.5 Å². The molecule has 5 nitrogen and oxygen atoms in total. The molecule has 6 heteroatoms. The average molecular weight is 434 g/mol. The maximum Gasteiger partial charge on any atom is 0.341 e. The molecule has 1 aliphatic heterocycles. The molecule has 0 saturated heterocycles. The molecular weight excluding hydrogens is 410 g/mol. The molecule has 0 radical (unpaired) electrons. The minimum Gasteiger partial charge on any atom is -0.465 e. The number of amides is 1. The molecule has 0 spiro atoms. The molecule has 0 atom stereocenters. The summed E-state index contributed by atoms with van der Waals surface area (Å²) in [7, 11) is 1.39. The second kappa shape index (κ2) is 8.19. The number of rotatable bonds is 3. The van der Waals surface area contributed by atoms with Gasteiger partial charge in [-0.15, -0.1) is 11.3 Å². The zero-order valence-corrected chi connectivity index (χ0v) is 18.1. The molecule has 2 heterocycles. The van der Waals surface area contributed by atoms with Crippen LogP contribution in [0.25, 0.3) is 0 Å². The van der Waals surface area contributed by atoms with Crippen LogP contribution in [0.5, 0.6) is 11.5 Å². The molecule has 2 aromatic carbocycles. The van der Waals surface area contributed by atoms with Gasteiger partial charge in [-0.2, -0.15) is 0 Å². The number of para-hydroxylation sites is 2. The molecule has 0 bridgehead atoms. The Morgan fingerprint density at radius 2 is 1.61 bits per heavy atom. The molecule has 158 valence electrons. The van der Waals surface area contributed by atoms with E-state index in [9.17, 15) is 9.59 Å². The third kappa shape index (κ3) is 3.51. The fraction of sp³-hybridized carbons (Fsp3) is 0.280. The SMILES string of the molecule is COC(=O)c1c(NC(=O)C2c3ccccc3Oc3ccccc32)sc2c1CCCCC2. The van der Waals surface area contributed by atoms with E-state index < -0.39 is 5.92 Å². The Hall–Kier alpha value is -3.12. The Morgan fingerprint density at radius 3 is 2.29 bits per heavy atom. The predicted molar refractivity (Wildman–Crippen MR) is 120 cm³/mol. The highest BCUT2D eigenvalue weighted by molar-refractivity contribution is 7.17. The number of anilines is 1. The molecule has 0 unspecified atom stereocenters. The Morgan fingerprint density at radius 1 is 0.968 bits per heavy atom. The van der Waals surface area contributed by atoms with E-state index in [0.29, 0.717) is 22.1 Å². The van der Waals surface area contributed by atoms with Gasteiger partial charge in [0.15, 0.2) is 0 Å².